The van der Waals surface area contributed by atoms with Crippen molar-refractivity contribution in [3.8, 4) is 0 Å². The Balaban J connectivity index is 1.71. The molecule has 0 amide bonds. The summed E-state index contributed by atoms with van der Waals surface area (Å²) < 4.78 is 29.8. The Labute approximate surface area is 181 Å². The first kappa shape index (κ1) is 20.1. The highest BCUT2D eigenvalue weighted by atomic mass is 32.2. The normalized spacial score (nSPS) is 16.8. The van der Waals surface area contributed by atoms with Gasteiger partial charge in [-0.2, -0.15) is 0 Å². The molecule has 2 N–H and O–H groups in total. The molecule has 0 bridgehead atoms. The molecule has 9 heteroatoms. The quantitative estimate of drug-likeness (QED) is 0.513. The first-order valence-electron chi connectivity index (χ1n) is 10.7. The van der Waals surface area contributed by atoms with E-state index in [2.05, 4.69) is 15.2 Å². The van der Waals surface area contributed by atoms with Crippen LogP contribution in [-0.4, -0.2) is 38.5 Å². The van der Waals surface area contributed by atoms with Gasteiger partial charge in [0.15, 0.2) is 11.3 Å². The number of rotatable bonds is 5. The maximum Gasteiger partial charge on any atom is 0.269 e. The van der Waals surface area contributed by atoms with Crippen LogP contribution in [0.4, 0.5) is 0 Å². The summed E-state index contributed by atoms with van der Waals surface area (Å²) in [7, 11) is -3.77. The average molecular weight is 439 g/mol. The van der Waals surface area contributed by atoms with Gasteiger partial charge in [-0.3, -0.25) is 4.40 Å². The molecule has 1 saturated carbocycles. The summed E-state index contributed by atoms with van der Waals surface area (Å²) in [5, 5.41) is 8.92. The summed E-state index contributed by atoms with van der Waals surface area (Å²) in [5.74, 6) is 0.866. The molecule has 0 aliphatic heterocycles. The summed E-state index contributed by atoms with van der Waals surface area (Å²) in [4.78, 5) is 4.67. The maximum atomic E-state index is 13.3. The second-order valence-corrected chi connectivity index (χ2v) is 10.3. The van der Waals surface area contributed by atoms with Gasteiger partial charge >= 0.3 is 0 Å². The molecule has 3 heterocycles. The van der Waals surface area contributed by atoms with E-state index in [1.54, 1.807) is 42.7 Å². The summed E-state index contributed by atoms with van der Waals surface area (Å²) in [6, 6.07) is 8.62. The van der Waals surface area contributed by atoms with Crippen LogP contribution in [0.1, 0.15) is 49.9 Å². The third-order valence-corrected chi connectivity index (χ3v) is 8.20. The largest absolute Gasteiger partial charge is 0.330 e. The van der Waals surface area contributed by atoms with Gasteiger partial charge < -0.3 is 5.73 Å². The van der Waals surface area contributed by atoms with Gasteiger partial charge in [0.25, 0.3) is 10.0 Å². The van der Waals surface area contributed by atoms with Gasteiger partial charge in [0.2, 0.25) is 0 Å². The molecule has 0 saturated heterocycles. The van der Waals surface area contributed by atoms with E-state index in [1.807, 2.05) is 11.3 Å². The van der Waals surface area contributed by atoms with Crippen molar-refractivity contribution in [2.24, 2.45) is 5.73 Å². The third kappa shape index (κ3) is 3.14. The molecule has 3 aromatic heterocycles. The highest BCUT2D eigenvalue weighted by Crippen LogP contribution is 2.41. The lowest BCUT2D eigenvalue weighted by Gasteiger charge is -2.35. The van der Waals surface area contributed by atoms with Gasteiger partial charge in [-0.05, 0) is 50.9 Å². The molecule has 8 nitrogen and oxygen atoms in total. The Morgan fingerprint density at radius 2 is 1.81 bits per heavy atom. The topological polar surface area (TPSA) is 108 Å². The van der Waals surface area contributed by atoms with E-state index in [-0.39, 0.29) is 10.3 Å². The zero-order chi connectivity index (χ0) is 21.6. The Bertz CT molecular complexity index is 1340. The molecule has 0 radical (unpaired) electrons. The number of hydrogen-bond acceptors (Lipinski definition) is 6. The molecule has 1 fully saturated rings. The molecule has 0 unspecified atom stereocenters. The van der Waals surface area contributed by atoms with Crippen molar-refractivity contribution in [2.45, 2.75) is 55.8 Å². The van der Waals surface area contributed by atoms with Crippen molar-refractivity contribution in [3.05, 3.63) is 54.1 Å². The van der Waals surface area contributed by atoms with E-state index in [0.29, 0.717) is 23.4 Å². The molecule has 4 aromatic rings. The smallest absolute Gasteiger partial charge is 0.269 e. The van der Waals surface area contributed by atoms with E-state index >= 15 is 0 Å². The number of nitrogens with two attached hydrogens (primary N) is 1. The minimum atomic E-state index is -3.77. The number of hydrogen-bond donors (Lipinski definition) is 1. The lowest BCUT2D eigenvalue weighted by atomic mass is 9.71. The first-order valence-corrected chi connectivity index (χ1v) is 12.1. The van der Waals surface area contributed by atoms with Gasteiger partial charge in [0.05, 0.1) is 16.6 Å². The summed E-state index contributed by atoms with van der Waals surface area (Å²) in [5.41, 5.74) is 8.53. The van der Waals surface area contributed by atoms with Crippen molar-refractivity contribution in [1.82, 2.24) is 23.6 Å². The Morgan fingerprint density at radius 1 is 1.06 bits per heavy atom. The van der Waals surface area contributed by atoms with E-state index in [0.717, 1.165) is 43.5 Å². The average Bonchev–Trinajstić information content (AvgIpc) is 3.39. The van der Waals surface area contributed by atoms with Gasteiger partial charge in [0, 0.05) is 11.6 Å². The van der Waals surface area contributed by atoms with Crippen molar-refractivity contribution < 1.29 is 8.42 Å². The predicted molar refractivity (Wildman–Crippen MR) is 118 cm³/mol. The predicted octanol–water partition coefficient (Wildman–Crippen LogP) is 3.18. The Hall–Kier alpha value is -2.78. The van der Waals surface area contributed by atoms with Crippen LogP contribution in [0.25, 0.3) is 16.8 Å². The zero-order valence-corrected chi connectivity index (χ0v) is 18.3. The zero-order valence-electron chi connectivity index (χ0n) is 17.5. The van der Waals surface area contributed by atoms with Crippen LogP contribution < -0.4 is 5.73 Å². The Kier molecular flexibility index (Phi) is 4.82. The van der Waals surface area contributed by atoms with Crippen LogP contribution in [0.3, 0.4) is 0 Å². The summed E-state index contributed by atoms with van der Waals surface area (Å²) in [6.45, 7) is 2.50. The van der Waals surface area contributed by atoms with E-state index in [4.69, 9.17) is 5.73 Å². The van der Waals surface area contributed by atoms with E-state index in [9.17, 15) is 8.42 Å². The van der Waals surface area contributed by atoms with Gasteiger partial charge in [-0.1, -0.05) is 37.0 Å². The van der Waals surface area contributed by atoms with Crippen LogP contribution in [0.5, 0.6) is 0 Å². The van der Waals surface area contributed by atoms with E-state index < -0.39 is 10.0 Å². The van der Waals surface area contributed by atoms with Crippen molar-refractivity contribution in [2.75, 3.05) is 6.54 Å². The number of nitrogens with zero attached hydrogens (tertiary/aromatic N) is 5. The molecule has 5 rings (SSSR count). The molecular weight excluding hydrogens is 412 g/mol. The van der Waals surface area contributed by atoms with Gasteiger partial charge in [0.1, 0.15) is 5.82 Å². The molecule has 0 spiro atoms. The van der Waals surface area contributed by atoms with Gasteiger partial charge in [-0.15, -0.1) is 10.2 Å². The molecule has 0 atom stereocenters. The number of benzene rings is 1. The molecule has 31 heavy (non-hydrogen) atoms. The van der Waals surface area contributed by atoms with E-state index in [1.165, 1.54) is 10.4 Å². The minimum Gasteiger partial charge on any atom is -0.330 e. The molecular formula is C22H26N6O2S. The lowest BCUT2D eigenvalue weighted by Crippen LogP contribution is -2.34. The monoisotopic (exact) mass is 438 g/mol. The number of aromatic nitrogens is 5. The van der Waals surface area contributed by atoms with Crippen LogP contribution in [-0.2, 0) is 15.4 Å². The molecule has 1 aliphatic rings. The summed E-state index contributed by atoms with van der Waals surface area (Å²) in [6.07, 6.45) is 9.49. The van der Waals surface area contributed by atoms with Crippen LogP contribution in [0.15, 0.2) is 47.6 Å². The van der Waals surface area contributed by atoms with Gasteiger partial charge in [-0.25, -0.2) is 17.4 Å². The Morgan fingerprint density at radius 3 is 2.52 bits per heavy atom. The third-order valence-electron chi connectivity index (χ3n) is 6.52. The lowest BCUT2D eigenvalue weighted by molar-refractivity contribution is 0.262. The van der Waals surface area contributed by atoms with Crippen LogP contribution in [0, 0.1) is 6.92 Å². The standard InChI is InChI=1S/C22H26N6O2S/c1-16-5-7-17(8-6-16)31(29,30)27-14-9-18-20(27)24-15-19-25-26-21(28(18)19)22(12-13-23)10-3-2-4-11-22/h5-9,14-15H,2-4,10-13,23H2,1H3. The fourth-order valence-electron chi connectivity index (χ4n) is 4.88. The van der Waals surface area contributed by atoms with Crippen LogP contribution >= 0.6 is 0 Å². The highest BCUT2D eigenvalue weighted by molar-refractivity contribution is 7.90. The minimum absolute atomic E-state index is 0.140. The number of aryl methyl sites for hydroxylation is 1. The van der Waals surface area contributed by atoms with Crippen LogP contribution in [0.2, 0.25) is 0 Å². The maximum absolute atomic E-state index is 13.3. The summed E-state index contributed by atoms with van der Waals surface area (Å²) >= 11 is 0. The molecule has 162 valence electrons. The van der Waals surface area contributed by atoms with Crippen molar-refractivity contribution in [3.63, 3.8) is 0 Å². The fraction of sp³-hybridized carbons (Fsp3) is 0.409. The fourth-order valence-corrected chi connectivity index (χ4v) is 6.18. The SMILES string of the molecule is Cc1ccc(S(=O)(=O)n2ccc3c2ncc2nnc(C4(CCN)CCCCC4)n23)cc1. The second kappa shape index (κ2) is 7.42. The molecule has 1 aromatic carbocycles. The molecule has 1 aliphatic carbocycles. The first-order chi connectivity index (χ1) is 15.0. The van der Waals surface area contributed by atoms with Crippen molar-refractivity contribution >= 4 is 26.8 Å². The highest BCUT2D eigenvalue weighted by Gasteiger charge is 2.38. The number of fused-ring (bicyclic) bond motifs is 3. The second-order valence-electron chi connectivity index (χ2n) is 8.49. The van der Waals surface area contributed by atoms with Crippen molar-refractivity contribution in [1.29, 1.82) is 0 Å².